The van der Waals surface area contributed by atoms with Crippen molar-refractivity contribution in [3.05, 3.63) is 65.2 Å². The van der Waals surface area contributed by atoms with Crippen LogP contribution < -0.4 is 16.0 Å². The van der Waals surface area contributed by atoms with E-state index in [1.165, 1.54) is 5.69 Å². The number of hydrogen-bond donors (Lipinski definition) is 2. The zero-order valence-electron chi connectivity index (χ0n) is 14.7. The van der Waals surface area contributed by atoms with Gasteiger partial charge in [-0.15, -0.1) is 0 Å². The molecule has 0 spiro atoms. The molecule has 0 radical (unpaired) electrons. The number of nitrogens with one attached hydrogen (secondary N) is 1. The topological polar surface area (TPSA) is 58.4 Å². The first kappa shape index (κ1) is 17.6. The predicted molar refractivity (Wildman–Crippen MR) is 102 cm³/mol. The largest absolute Gasteiger partial charge is 0.378 e. The Hall–Kier alpha value is -2.75. The standard InChI is InChI=1S/C20H25N3O/c1-20(2,22-19(21)24)17-11-7-15(8-12-17)5-6-16-9-13-18(14-10-16)23(3)4/h5-14H,1-4H3,(H3,21,22,24). The van der Waals surface area contributed by atoms with Gasteiger partial charge in [0, 0.05) is 19.8 Å². The van der Waals surface area contributed by atoms with E-state index in [0.717, 1.165) is 16.7 Å². The lowest BCUT2D eigenvalue weighted by molar-refractivity contribution is 0.238. The SMILES string of the molecule is CN(C)c1ccc(C=Cc2ccc(C(C)(C)NC(N)=O)cc2)cc1. The van der Waals surface area contributed by atoms with E-state index in [4.69, 9.17) is 5.73 Å². The molecule has 2 aromatic carbocycles. The van der Waals surface area contributed by atoms with E-state index in [1.807, 2.05) is 52.2 Å². The maximum absolute atomic E-state index is 11.1. The molecule has 0 bridgehead atoms. The van der Waals surface area contributed by atoms with Crippen molar-refractivity contribution < 1.29 is 4.79 Å². The van der Waals surface area contributed by atoms with Gasteiger partial charge in [0.2, 0.25) is 0 Å². The number of nitrogens with zero attached hydrogens (tertiary/aromatic N) is 1. The number of amides is 2. The van der Waals surface area contributed by atoms with Crippen molar-refractivity contribution in [1.82, 2.24) is 5.32 Å². The highest BCUT2D eigenvalue weighted by molar-refractivity contribution is 5.73. The summed E-state index contributed by atoms with van der Waals surface area (Å²) in [6.07, 6.45) is 4.16. The van der Waals surface area contributed by atoms with Gasteiger partial charge in [0.05, 0.1) is 5.54 Å². The first-order valence-corrected chi connectivity index (χ1v) is 7.91. The van der Waals surface area contributed by atoms with Gasteiger partial charge in [0.15, 0.2) is 0 Å². The van der Waals surface area contributed by atoms with E-state index in [-0.39, 0.29) is 0 Å². The van der Waals surface area contributed by atoms with Gasteiger partial charge < -0.3 is 16.0 Å². The van der Waals surface area contributed by atoms with Crippen LogP contribution in [0, 0.1) is 0 Å². The van der Waals surface area contributed by atoms with E-state index in [9.17, 15) is 4.79 Å². The van der Waals surface area contributed by atoms with E-state index < -0.39 is 11.6 Å². The summed E-state index contributed by atoms with van der Waals surface area (Å²) in [7, 11) is 4.06. The molecule has 2 aromatic rings. The maximum atomic E-state index is 11.1. The minimum Gasteiger partial charge on any atom is -0.378 e. The lowest BCUT2D eigenvalue weighted by Crippen LogP contribution is -2.43. The van der Waals surface area contributed by atoms with E-state index in [0.29, 0.717) is 0 Å². The molecule has 0 unspecified atom stereocenters. The van der Waals surface area contributed by atoms with Crippen LogP contribution >= 0.6 is 0 Å². The van der Waals surface area contributed by atoms with Crippen molar-refractivity contribution in [2.75, 3.05) is 19.0 Å². The number of benzene rings is 2. The maximum Gasteiger partial charge on any atom is 0.312 e. The predicted octanol–water partition coefficient (Wildman–Crippen LogP) is 3.83. The van der Waals surface area contributed by atoms with Gasteiger partial charge in [-0.2, -0.15) is 0 Å². The van der Waals surface area contributed by atoms with Crippen LogP contribution in [0.5, 0.6) is 0 Å². The minimum absolute atomic E-state index is 0.490. The van der Waals surface area contributed by atoms with Gasteiger partial charge >= 0.3 is 6.03 Å². The van der Waals surface area contributed by atoms with Crippen molar-refractivity contribution in [2.45, 2.75) is 19.4 Å². The zero-order chi connectivity index (χ0) is 17.7. The van der Waals surface area contributed by atoms with Crippen LogP contribution in [0.1, 0.15) is 30.5 Å². The Bertz CT molecular complexity index is 714. The monoisotopic (exact) mass is 323 g/mol. The van der Waals surface area contributed by atoms with E-state index in [1.54, 1.807) is 0 Å². The highest BCUT2D eigenvalue weighted by Crippen LogP contribution is 2.21. The molecule has 0 aliphatic rings. The van der Waals surface area contributed by atoms with Gasteiger partial charge in [-0.25, -0.2) is 4.79 Å². The summed E-state index contributed by atoms with van der Waals surface area (Å²) in [5.74, 6) is 0. The number of anilines is 1. The molecule has 0 atom stereocenters. The number of hydrogen-bond acceptors (Lipinski definition) is 2. The van der Waals surface area contributed by atoms with Gasteiger partial charge in [0.1, 0.15) is 0 Å². The van der Waals surface area contributed by atoms with Gasteiger partial charge in [-0.3, -0.25) is 0 Å². The van der Waals surface area contributed by atoms with Crippen molar-refractivity contribution in [1.29, 1.82) is 0 Å². The molecule has 0 aliphatic carbocycles. The average Bonchev–Trinajstić information content (AvgIpc) is 2.52. The van der Waals surface area contributed by atoms with Crippen molar-refractivity contribution in [2.24, 2.45) is 5.73 Å². The second kappa shape index (κ2) is 7.21. The Balaban J connectivity index is 2.09. The second-order valence-electron chi connectivity index (χ2n) is 6.56. The molecule has 4 heteroatoms. The van der Waals surface area contributed by atoms with E-state index in [2.05, 4.69) is 46.6 Å². The summed E-state index contributed by atoms with van der Waals surface area (Å²) < 4.78 is 0. The van der Waals surface area contributed by atoms with Crippen LogP contribution in [0.4, 0.5) is 10.5 Å². The van der Waals surface area contributed by atoms with Crippen LogP contribution in [0.3, 0.4) is 0 Å². The first-order chi connectivity index (χ1) is 11.3. The molecular weight excluding hydrogens is 298 g/mol. The molecule has 2 rings (SSSR count). The Kier molecular flexibility index (Phi) is 5.29. The van der Waals surface area contributed by atoms with Gasteiger partial charge in [-0.05, 0) is 42.7 Å². The van der Waals surface area contributed by atoms with Crippen molar-refractivity contribution in [3.63, 3.8) is 0 Å². The van der Waals surface area contributed by atoms with Crippen molar-refractivity contribution in [3.8, 4) is 0 Å². The number of primary amides is 1. The Morgan fingerprint density at radius 1 is 0.958 bits per heavy atom. The van der Waals surface area contributed by atoms with Crippen LogP contribution in [-0.4, -0.2) is 20.1 Å². The normalized spacial score (nSPS) is 11.5. The molecule has 0 heterocycles. The molecule has 24 heavy (non-hydrogen) atoms. The summed E-state index contributed by atoms with van der Waals surface area (Å²) in [4.78, 5) is 13.2. The third-order valence-corrected chi connectivity index (χ3v) is 3.95. The summed E-state index contributed by atoms with van der Waals surface area (Å²) in [5, 5.41) is 2.74. The fourth-order valence-corrected chi connectivity index (χ4v) is 2.47. The minimum atomic E-state index is -0.523. The first-order valence-electron chi connectivity index (χ1n) is 7.91. The number of rotatable bonds is 5. The summed E-state index contributed by atoms with van der Waals surface area (Å²) >= 11 is 0. The lowest BCUT2D eigenvalue weighted by Gasteiger charge is -2.25. The average molecular weight is 323 g/mol. The molecule has 126 valence electrons. The highest BCUT2D eigenvalue weighted by atomic mass is 16.2. The molecule has 0 aromatic heterocycles. The third kappa shape index (κ3) is 4.62. The summed E-state index contributed by atoms with van der Waals surface area (Å²) in [6, 6.07) is 15.9. The van der Waals surface area contributed by atoms with Gasteiger partial charge in [-0.1, -0.05) is 48.6 Å². The molecule has 0 aliphatic heterocycles. The summed E-state index contributed by atoms with van der Waals surface area (Å²) in [6.45, 7) is 3.85. The highest BCUT2D eigenvalue weighted by Gasteiger charge is 2.21. The summed E-state index contributed by atoms with van der Waals surface area (Å²) in [5.41, 5.74) is 9.18. The Morgan fingerprint density at radius 3 is 1.83 bits per heavy atom. The van der Waals surface area contributed by atoms with Gasteiger partial charge in [0.25, 0.3) is 0 Å². The quantitative estimate of drug-likeness (QED) is 0.822. The van der Waals surface area contributed by atoms with Crippen LogP contribution in [0.2, 0.25) is 0 Å². The smallest absolute Gasteiger partial charge is 0.312 e. The van der Waals surface area contributed by atoms with Crippen molar-refractivity contribution >= 4 is 23.9 Å². The molecule has 0 fully saturated rings. The van der Waals surface area contributed by atoms with E-state index >= 15 is 0 Å². The molecule has 4 nitrogen and oxygen atoms in total. The fourth-order valence-electron chi connectivity index (χ4n) is 2.47. The Labute approximate surface area is 144 Å². The fraction of sp³-hybridized carbons (Fsp3) is 0.250. The lowest BCUT2D eigenvalue weighted by atomic mass is 9.93. The molecular formula is C20H25N3O. The molecule has 0 saturated heterocycles. The number of nitrogens with two attached hydrogens (primary N) is 1. The van der Waals surface area contributed by atoms with Crippen LogP contribution in [0.15, 0.2) is 48.5 Å². The molecule has 0 saturated carbocycles. The third-order valence-electron chi connectivity index (χ3n) is 3.95. The number of carbonyl (C=O) groups excluding carboxylic acids is 1. The zero-order valence-corrected chi connectivity index (χ0v) is 14.7. The van der Waals surface area contributed by atoms with Crippen LogP contribution in [0.25, 0.3) is 12.2 Å². The van der Waals surface area contributed by atoms with Crippen LogP contribution in [-0.2, 0) is 5.54 Å². The Morgan fingerprint density at radius 2 is 1.42 bits per heavy atom. The number of carbonyl (C=O) groups is 1. The second-order valence-corrected chi connectivity index (χ2v) is 6.56. The molecule has 2 amide bonds. The molecule has 3 N–H and O–H groups in total. The number of urea groups is 1.